The summed E-state index contributed by atoms with van der Waals surface area (Å²) in [6.07, 6.45) is 2.68. The third kappa shape index (κ3) is 2.40. The van der Waals surface area contributed by atoms with Crippen LogP contribution in [0.1, 0.15) is 17.4 Å². The highest BCUT2D eigenvalue weighted by Gasteiger charge is 2.07. The molecule has 0 aliphatic carbocycles. The van der Waals surface area contributed by atoms with Crippen LogP contribution in [0, 0.1) is 0 Å². The molecule has 1 heterocycles. The first kappa shape index (κ1) is 9.44. The molecule has 5 heteroatoms. The van der Waals surface area contributed by atoms with Crippen molar-refractivity contribution in [3.63, 3.8) is 0 Å². The third-order valence-corrected chi connectivity index (χ3v) is 1.32. The van der Waals surface area contributed by atoms with Crippen LogP contribution in [-0.2, 0) is 4.74 Å². The van der Waals surface area contributed by atoms with Crippen molar-refractivity contribution in [2.24, 2.45) is 0 Å². The van der Waals surface area contributed by atoms with Crippen molar-refractivity contribution in [3.8, 4) is 5.88 Å². The number of nitrogens with zero attached hydrogens (tertiary/aromatic N) is 2. The van der Waals surface area contributed by atoms with E-state index in [1.165, 1.54) is 19.5 Å². The minimum atomic E-state index is -0.474. The van der Waals surface area contributed by atoms with Gasteiger partial charge in [-0.05, 0) is 6.92 Å². The zero-order chi connectivity index (χ0) is 9.68. The van der Waals surface area contributed by atoms with Crippen molar-refractivity contribution in [1.29, 1.82) is 0 Å². The van der Waals surface area contributed by atoms with Crippen molar-refractivity contribution in [2.75, 3.05) is 13.7 Å². The first-order valence-corrected chi connectivity index (χ1v) is 3.81. The van der Waals surface area contributed by atoms with Crippen molar-refractivity contribution in [2.45, 2.75) is 6.92 Å². The molecular weight excluding hydrogens is 172 g/mol. The Morgan fingerprint density at radius 1 is 1.46 bits per heavy atom. The average molecular weight is 182 g/mol. The summed E-state index contributed by atoms with van der Waals surface area (Å²) < 4.78 is 9.50. The zero-order valence-electron chi connectivity index (χ0n) is 7.48. The number of hydrogen-bond donors (Lipinski definition) is 0. The summed E-state index contributed by atoms with van der Waals surface area (Å²) in [6, 6.07) is 0. The molecule has 0 bridgehead atoms. The van der Waals surface area contributed by atoms with Crippen LogP contribution in [-0.4, -0.2) is 29.7 Å². The third-order valence-electron chi connectivity index (χ3n) is 1.32. The number of aromatic nitrogens is 2. The molecule has 1 rings (SSSR count). The van der Waals surface area contributed by atoms with Gasteiger partial charge in [-0.1, -0.05) is 0 Å². The molecule has 0 saturated carbocycles. The molecule has 0 N–H and O–H groups in total. The Balaban J connectivity index is 2.74. The highest BCUT2D eigenvalue weighted by atomic mass is 16.5. The van der Waals surface area contributed by atoms with E-state index >= 15 is 0 Å². The first-order valence-electron chi connectivity index (χ1n) is 3.81. The van der Waals surface area contributed by atoms with Crippen LogP contribution >= 0.6 is 0 Å². The molecule has 13 heavy (non-hydrogen) atoms. The van der Waals surface area contributed by atoms with E-state index in [4.69, 9.17) is 9.47 Å². The monoisotopic (exact) mass is 182 g/mol. The van der Waals surface area contributed by atoms with E-state index in [1.807, 2.05) is 0 Å². The van der Waals surface area contributed by atoms with Gasteiger partial charge in [0.1, 0.15) is 0 Å². The quantitative estimate of drug-likeness (QED) is 0.642. The van der Waals surface area contributed by atoms with E-state index in [1.54, 1.807) is 6.92 Å². The van der Waals surface area contributed by atoms with Crippen LogP contribution in [0.2, 0.25) is 0 Å². The molecule has 0 atom stereocenters. The molecule has 0 fully saturated rings. The second kappa shape index (κ2) is 4.39. The maximum atomic E-state index is 11.1. The van der Waals surface area contributed by atoms with Gasteiger partial charge in [-0.2, -0.15) is 0 Å². The van der Waals surface area contributed by atoms with E-state index in [2.05, 4.69) is 9.97 Å². The highest BCUT2D eigenvalue weighted by molar-refractivity contribution is 5.86. The number of methoxy groups -OCH3 is 1. The Morgan fingerprint density at radius 3 is 2.69 bits per heavy atom. The molecule has 5 nitrogen and oxygen atoms in total. The number of ether oxygens (including phenoxy) is 2. The minimum Gasteiger partial charge on any atom is -0.480 e. The van der Waals surface area contributed by atoms with Crippen molar-refractivity contribution < 1.29 is 14.3 Å². The fourth-order valence-electron chi connectivity index (χ4n) is 0.732. The molecule has 0 unspecified atom stereocenters. The zero-order valence-corrected chi connectivity index (χ0v) is 7.48. The fourth-order valence-corrected chi connectivity index (χ4v) is 0.732. The lowest BCUT2D eigenvalue weighted by Gasteiger charge is -2.00. The summed E-state index contributed by atoms with van der Waals surface area (Å²) >= 11 is 0. The summed E-state index contributed by atoms with van der Waals surface area (Å²) in [5.41, 5.74) is 0.183. The number of esters is 1. The Bertz CT molecular complexity index is 284. The summed E-state index contributed by atoms with van der Waals surface area (Å²) in [5.74, 6) is -0.106. The molecule has 0 aliphatic heterocycles. The lowest BCUT2D eigenvalue weighted by molar-refractivity contribution is 0.0519. The van der Waals surface area contributed by atoms with Crippen LogP contribution in [0.25, 0.3) is 0 Å². The van der Waals surface area contributed by atoms with Crippen LogP contribution in [0.15, 0.2) is 12.4 Å². The molecule has 0 aliphatic rings. The van der Waals surface area contributed by atoms with Gasteiger partial charge in [0.25, 0.3) is 0 Å². The number of rotatable bonds is 3. The maximum Gasteiger partial charge on any atom is 0.358 e. The predicted molar refractivity (Wildman–Crippen MR) is 44.5 cm³/mol. The Hall–Kier alpha value is -1.65. The van der Waals surface area contributed by atoms with E-state index in [0.717, 1.165) is 0 Å². The van der Waals surface area contributed by atoms with Gasteiger partial charge in [0, 0.05) is 0 Å². The van der Waals surface area contributed by atoms with Gasteiger partial charge in [0.15, 0.2) is 5.69 Å². The second-order valence-corrected chi connectivity index (χ2v) is 2.16. The Kier molecular flexibility index (Phi) is 3.19. The lowest BCUT2D eigenvalue weighted by atomic mass is 10.4. The van der Waals surface area contributed by atoms with E-state index in [9.17, 15) is 4.79 Å². The van der Waals surface area contributed by atoms with Gasteiger partial charge in [0.2, 0.25) is 5.88 Å². The summed E-state index contributed by atoms with van der Waals surface area (Å²) in [4.78, 5) is 18.7. The van der Waals surface area contributed by atoms with Crippen molar-refractivity contribution in [1.82, 2.24) is 9.97 Å². The molecule has 1 aromatic heterocycles. The molecule has 70 valence electrons. The first-order chi connectivity index (χ1) is 6.27. The molecule has 0 radical (unpaired) electrons. The highest BCUT2D eigenvalue weighted by Crippen LogP contribution is 2.03. The maximum absolute atomic E-state index is 11.1. The second-order valence-electron chi connectivity index (χ2n) is 2.16. The van der Waals surface area contributed by atoms with Crippen LogP contribution in [0.4, 0.5) is 0 Å². The van der Waals surface area contributed by atoms with Crippen LogP contribution in [0.3, 0.4) is 0 Å². The largest absolute Gasteiger partial charge is 0.480 e. The van der Waals surface area contributed by atoms with E-state index in [0.29, 0.717) is 12.5 Å². The predicted octanol–water partition coefficient (Wildman–Crippen LogP) is 0.662. The summed E-state index contributed by atoms with van der Waals surface area (Å²) in [6.45, 7) is 2.06. The standard InChI is InChI=1S/C8H10N2O3/c1-3-13-8(11)6-4-10-7(12-2)5-9-6/h4-5H,3H2,1-2H3. The van der Waals surface area contributed by atoms with E-state index < -0.39 is 5.97 Å². The normalized spacial score (nSPS) is 9.38. The van der Waals surface area contributed by atoms with Crippen molar-refractivity contribution in [3.05, 3.63) is 18.1 Å². The Morgan fingerprint density at radius 2 is 2.23 bits per heavy atom. The van der Waals surface area contributed by atoms with Gasteiger partial charge in [-0.15, -0.1) is 0 Å². The van der Waals surface area contributed by atoms with Gasteiger partial charge in [-0.25, -0.2) is 14.8 Å². The lowest BCUT2D eigenvalue weighted by Crippen LogP contribution is -2.07. The smallest absolute Gasteiger partial charge is 0.358 e. The number of hydrogen-bond acceptors (Lipinski definition) is 5. The fraction of sp³-hybridized carbons (Fsp3) is 0.375. The van der Waals surface area contributed by atoms with Crippen molar-refractivity contribution >= 4 is 5.97 Å². The van der Waals surface area contributed by atoms with Crippen LogP contribution < -0.4 is 4.74 Å². The average Bonchev–Trinajstić information content (AvgIpc) is 2.18. The van der Waals surface area contributed by atoms with Gasteiger partial charge >= 0.3 is 5.97 Å². The Labute approximate surface area is 75.7 Å². The number of carbonyl (C=O) groups excluding carboxylic acids is 1. The molecule has 0 amide bonds. The molecule has 0 aromatic carbocycles. The summed E-state index contributed by atoms with van der Waals surface area (Å²) in [5, 5.41) is 0. The van der Waals surface area contributed by atoms with Crippen LogP contribution in [0.5, 0.6) is 5.88 Å². The van der Waals surface area contributed by atoms with Gasteiger partial charge < -0.3 is 9.47 Å². The number of carbonyl (C=O) groups is 1. The minimum absolute atomic E-state index is 0.183. The SMILES string of the molecule is CCOC(=O)c1cnc(OC)cn1. The molecule has 1 aromatic rings. The van der Waals surface area contributed by atoms with E-state index in [-0.39, 0.29) is 5.69 Å². The topological polar surface area (TPSA) is 61.3 Å². The molecule has 0 saturated heterocycles. The van der Waals surface area contributed by atoms with Gasteiger partial charge in [0.05, 0.1) is 26.1 Å². The molecular formula is C8H10N2O3. The molecule has 0 spiro atoms. The van der Waals surface area contributed by atoms with Gasteiger partial charge in [-0.3, -0.25) is 0 Å². The summed E-state index contributed by atoms with van der Waals surface area (Å²) in [7, 11) is 1.48.